The van der Waals surface area contributed by atoms with Crippen LogP contribution >= 0.6 is 0 Å². The summed E-state index contributed by atoms with van der Waals surface area (Å²) in [7, 11) is 0. The molecule has 0 atom stereocenters. The van der Waals surface area contributed by atoms with Crippen molar-refractivity contribution in [1.82, 2.24) is 25.6 Å². The van der Waals surface area contributed by atoms with Gasteiger partial charge in [-0.15, -0.1) is 0 Å². The molecule has 0 saturated carbocycles. The predicted octanol–water partition coefficient (Wildman–Crippen LogP) is 1.56. The standard InChI is InChI=1S/C19H23N5O2/c1-15-4-2-5-16(12-15)14-23-8-10-24(11-9-23)19(26)22-21-18(25)17-6-3-7-20-13-17/h2-7,12-13H,8-11,14H2,1H3,(H,21,25)(H,22,26). The van der Waals surface area contributed by atoms with Crippen molar-refractivity contribution in [2.75, 3.05) is 26.2 Å². The Balaban J connectivity index is 1.43. The van der Waals surface area contributed by atoms with E-state index in [1.54, 1.807) is 23.2 Å². The second kappa shape index (κ2) is 8.44. The Morgan fingerprint density at radius 2 is 1.88 bits per heavy atom. The average molecular weight is 353 g/mol. The fraction of sp³-hybridized carbons (Fsp3) is 0.316. The van der Waals surface area contributed by atoms with Crippen LogP contribution in [-0.2, 0) is 6.54 Å². The molecule has 0 spiro atoms. The molecule has 1 aromatic carbocycles. The number of hydrazine groups is 1. The van der Waals surface area contributed by atoms with Crippen molar-refractivity contribution in [3.05, 3.63) is 65.5 Å². The van der Waals surface area contributed by atoms with Crippen LogP contribution in [0.3, 0.4) is 0 Å². The first kappa shape index (κ1) is 17.9. The van der Waals surface area contributed by atoms with Gasteiger partial charge < -0.3 is 4.90 Å². The van der Waals surface area contributed by atoms with Crippen molar-refractivity contribution in [3.8, 4) is 0 Å². The molecular formula is C19H23N5O2. The molecule has 136 valence electrons. The van der Waals surface area contributed by atoms with Gasteiger partial charge in [-0.1, -0.05) is 29.8 Å². The van der Waals surface area contributed by atoms with Crippen molar-refractivity contribution in [2.24, 2.45) is 0 Å². The molecule has 7 nitrogen and oxygen atoms in total. The summed E-state index contributed by atoms with van der Waals surface area (Å²) in [4.78, 5) is 32.0. The van der Waals surface area contributed by atoms with Crippen LogP contribution in [0, 0.1) is 6.92 Å². The fourth-order valence-electron chi connectivity index (χ4n) is 2.94. The molecule has 2 N–H and O–H groups in total. The lowest BCUT2D eigenvalue weighted by Crippen LogP contribution is -2.55. The zero-order valence-electron chi connectivity index (χ0n) is 14.8. The zero-order chi connectivity index (χ0) is 18.4. The van der Waals surface area contributed by atoms with Gasteiger partial charge in [0.1, 0.15) is 0 Å². The summed E-state index contributed by atoms with van der Waals surface area (Å²) in [5.41, 5.74) is 7.82. The molecule has 0 unspecified atom stereocenters. The first-order chi connectivity index (χ1) is 12.6. The number of benzene rings is 1. The highest BCUT2D eigenvalue weighted by molar-refractivity contribution is 5.94. The van der Waals surface area contributed by atoms with E-state index in [4.69, 9.17) is 0 Å². The van der Waals surface area contributed by atoms with Gasteiger partial charge in [-0.25, -0.2) is 10.2 Å². The minimum Gasteiger partial charge on any atom is -0.321 e. The third kappa shape index (κ3) is 4.80. The van der Waals surface area contributed by atoms with Gasteiger partial charge in [-0.05, 0) is 24.6 Å². The number of hydrogen-bond acceptors (Lipinski definition) is 4. The van der Waals surface area contributed by atoms with Crippen LogP contribution in [0.15, 0.2) is 48.8 Å². The molecule has 2 aromatic rings. The number of rotatable bonds is 3. The number of urea groups is 1. The van der Waals surface area contributed by atoms with E-state index in [1.807, 2.05) is 0 Å². The number of nitrogens with one attached hydrogen (secondary N) is 2. The number of hydrogen-bond donors (Lipinski definition) is 2. The van der Waals surface area contributed by atoms with E-state index in [1.165, 1.54) is 17.3 Å². The first-order valence-electron chi connectivity index (χ1n) is 8.65. The quantitative estimate of drug-likeness (QED) is 0.821. The van der Waals surface area contributed by atoms with E-state index in [2.05, 4.69) is 51.9 Å². The summed E-state index contributed by atoms with van der Waals surface area (Å²) in [5.74, 6) is -0.385. The van der Waals surface area contributed by atoms with Crippen LogP contribution in [0.4, 0.5) is 4.79 Å². The van der Waals surface area contributed by atoms with E-state index < -0.39 is 0 Å². The smallest absolute Gasteiger partial charge is 0.321 e. The second-order valence-electron chi connectivity index (χ2n) is 6.38. The first-order valence-corrected chi connectivity index (χ1v) is 8.65. The van der Waals surface area contributed by atoms with Gasteiger partial charge in [0.2, 0.25) is 0 Å². The molecule has 3 amide bonds. The largest absolute Gasteiger partial charge is 0.336 e. The molecule has 1 aliphatic rings. The maximum Gasteiger partial charge on any atom is 0.336 e. The van der Waals surface area contributed by atoms with E-state index in [9.17, 15) is 9.59 Å². The Morgan fingerprint density at radius 1 is 1.08 bits per heavy atom. The minimum atomic E-state index is -0.385. The number of carbonyl (C=O) groups excluding carboxylic acids is 2. The number of carbonyl (C=O) groups is 2. The molecule has 1 saturated heterocycles. The highest BCUT2D eigenvalue weighted by Crippen LogP contribution is 2.10. The lowest BCUT2D eigenvalue weighted by Gasteiger charge is -2.34. The Hall–Kier alpha value is -2.93. The maximum atomic E-state index is 12.2. The van der Waals surface area contributed by atoms with Gasteiger partial charge in [-0.2, -0.15) is 0 Å². The minimum absolute atomic E-state index is 0.294. The second-order valence-corrected chi connectivity index (χ2v) is 6.38. The molecule has 1 aromatic heterocycles. The number of piperazine rings is 1. The van der Waals surface area contributed by atoms with Gasteiger partial charge in [0.05, 0.1) is 5.56 Å². The highest BCUT2D eigenvalue weighted by Gasteiger charge is 2.21. The van der Waals surface area contributed by atoms with E-state index in [0.29, 0.717) is 18.7 Å². The summed E-state index contributed by atoms with van der Waals surface area (Å²) in [6, 6.07) is 11.5. The van der Waals surface area contributed by atoms with Crippen molar-refractivity contribution in [2.45, 2.75) is 13.5 Å². The lowest BCUT2D eigenvalue weighted by molar-refractivity contribution is 0.0918. The Labute approximate surface area is 153 Å². The number of pyridine rings is 1. The third-order valence-corrected chi connectivity index (χ3v) is 4.35. The molecule has 0 radical (unpaired) electrons. The van der Waals surface area contributed by atoms with Crippen molar-refractivity contribution in [3.63, 3.8) is 0 Å². The van der Waals surface area contributed by atoms with Crippen molar-refractivity contribution < 1.29 is 9.59 Å². The van der Waals surface area contributed by atoms with Crippen LogP contribution in [0.5, 0.6) is 0 Å². The number of amides is 3. The van der Waals surface area contributed by atoms with E-state index >= 15 is 0 Å². The highest BCUT2D eigenvalue weighted by atomic mass is 16.2. The summed E-state index contributed by atoms with van der Waals surface area (Å²) < 4.78 is 0. The van der Waals surface area contributed by atoms with Gasteiger partial charge in [0, 0.05) is 45.1 Å². The van der Waals surface area contributed by atoms with Crippen LogP contribution in [0.2, 0.25) is 0 Å². The van der Waals surface area contributed by atoms with Crippen LogP contribution in [0.25, 0.3) is 0 Å². The van der Waals surface area contributed by atoms with Gasteiger partial charge in [0.25, 0.3) is 5.91 Å². The zero-order valence-corrected chi connectivity index (χ0v) is 14.8. The Kier molecular flexibility index (Phi) is 5.80. The normalized spacial score (nSPS) is 14.7. The third-order valence-electron chi connectivity index (χ3n) is 4.35. The topological polar surface area (TPSA) is 77.6 Å². The summed E-state index contributed by atoms with van der Waals surface area (Å²) in [5, 5.41) is 0. The number of aryl methyl sites for hydroxylation is 1. The molecular weight excluding hydrogens is 330 g/mol. The van der Waals surface area contributed by atoms with Crippen molar-refractivity contribution >= 4 is 11.9 Å². The molecule has 0 aliphatic carbocycles. The number of nitrogens with zero attached hydrogens (tertiary/aromatic N) is 3. The molecule has 26 heavy (non-hydrogen) atoms. The van der Waals surface area contributed by atoms with Crippen LogP contribution in [0.1, 0.15) is 21.5 Å². The van der Waals surface area contributed by atoms with Crippen molar-refractivity contribution in [1.29, 1.82) is 0 Å². The summed E-state index contributed by atoms with van der Waals surface area (Å²) in [6.07, 6.45) is 3.04. The molecule has 0 bridgehead atoms. The van der Waals surface area contributed by atoms with E-state index in [-0.39, 0.29) is 11.9 Å². The van der Waals surface area contributed by atoms with E-state index in [0.717, 1.165) is 19.6 Å². The SMILES string of the molecule is Cc1cccc(CN2CCN(C(=O)NNC(=O)c3cccnc3)CC2)c1. The monoisotopic (exact) mass is 353 g/mol. The fourth-order valence-corrected chi connectivity index (χ4v) is 2.94. The summed E-state index contributed by atoms with van der Waals surface area (Å²) in [6.45, 7) is 5.83. The molecule has 3 rings (SSSR count). The average Bonchev–Trinajstić information content (AvgIpc) is 2.67. The van der Waals surface area contributed by atoms with Gasteiger partial charge in [-0.3, -0.25) is 20.1 Å². The maximum absolute atomic E-state index is 12.2. The Morgan fingerprint density at radius 3 is 2.58 bits per heavy atom. The molecule has 7 heteroatoms. The molecule has 1 fully saturated rings. The Bertz CT molecular complexity index is 758. The van der Waals surface area contributed by atoms with Crippen LogP contribution < -0.4 is 10.9 Å². The number of aromatic nitrogens is 1. The summed E-state index contributed by atoms with van der Waals surface area (Å²) >= 11 is 0. The lowest BCUT2D eigenvalue weighted by atomic mass is 10.1. The molecule has 2 heterocycles. The van der Waals surface area contributed by atoms with Crippen LogP contribution in [-0.4, -0.2) is 52.9 Å². The molecule has 1 aliphatic heterocycles. The predicted molar refractivity (Wildman–Crippen MR) is 98.3 cm³/mol. The van der Waals surface area contributed by atoms with Gasteiger partial charge in [0.15, 0.2) is 0 Å². The van der Waals surface area contributed by atoms with Gasteiger partial charge >= 0.3 is 6.03 Å².